The van der Waals surface area contributed by atoms with E-state index in [-0.39, 0.29) is 0 Å². The summed E-state index contributed by atoms with van der Waals surface area (Å²) in [7, 11) is 0. The Morgan fingerprint density at radius 1 is 1.67 bits per heavy atom. The van der Waals surface area contributed by atoms with E-state index in [1.807, 2.05) is 0 Å². The molecule has 1 saturated carbocycles. The van der Waals surface area contributed by atoms with Gasteiger partial charge in [0.05, 0.1) is 0 Å². The second kappa shape index (κ2) is 3.62. The zero-order valence-electron chi connectivity index (χ0n) is 6.70. The molecule has 0 unspecified atom stereocenters. The summed E-state index contributed by atoms with van der Waals surface area (Å²) >= 11 is 6.06. The van der Waals surface area contributed by atoms with E-state index in [0.717, 1.165) is 6.42 Å². The first-order valence-corrected chi connectivity index (χ1v) is 5.24. The van der Waals surface area contributed by atoms with Gasteiger partial charge in [-0.05, 0) is 37.7 Å². The highest BCUT2D eigenvalue weighted by atomic mass is 32.2. The number of thioether (sulfide) groups is 1. The summed E-state index contributed by atoms with van der Waals surface area (Å²) in [5, 5.41) is 8.83. The van der Waals surface area contributed by atoms with Gasteiger partial charge in [-0.15, -0.1) is 0 Å². The fourth-order valence-corrected chi connectivity index (χ4v) is 1.46. The van der Waals surface area contributed by atoms with Gasteiger partial charge in [0.1, 0.15) is 0 Å². The molecule has 0 aromatic heterocycles. The summed E-state index contributed by atoms with van der Waals surface area (Å²) in [6, 6.07) is 0. The van der Waals surface area contributed by atoms with Gasteiger partial charge in [-0.2, -0.15) is 0 Å². The number of carboxylic acid groups (broad SMARTS) is 1. The highest BCUT2D eigenvalue weighted by molar-refractivity contribution is 8.22. The molecule has 68 valence electrons. The van der Waals surface area contributed by atoms with Gasteiger partial charge in [0, 0.05) is 0 Å². The minimum atomic E-state index is -1.000. The normalized spacial score (nSPS) is 19.4. The predicted molar refractivity (Wildman–Crippen MR) is 51.4 cm³/mol. The molecular weight excluding hydrogens is 196 g/mol. The highest BCUT2D eigenvalue weighted by Crippen LogP contribution is 2.36. The van der Waals surface area contributed by atoms with Gasteiger partial charge in [0.2, 0.25) is 9.98 Å². The van der Waals surface area contributed by atoms with Crippen molar-refractivity contribution in [3.05, 3.63) is 0 Å². The van der Waals surface area contributed by atoms with Crippen LogP contribution in [0.1, 0.15) is 19.3 Å². The third kappa shape index (κ3) is 1.72. The number of carbonyl (C=O) groups is 1. The van der Waals surface area contributed by atoms with E-state index in [1.165, 1.54) is 11.8 Å². The molecule has 0 saturated heterocycles. The van der Waals surface area contributed by atoms with Crippen molar-refractivity contribution < 1.29 is 14.6 Å². The Morgan fingerprint density at radius 3 is 2.50 bits per heavy atom. The van der Waals surface area contributed by atoms with Crippen LogP contribution in [0.25, 0.3) is 0 Å². The molecule has 5 heteroatoms. The molecule has 1 aliphatic rings. The molecule has 12 heavy (non-hydrogen) atoms. The maximum absolute atomic E-state index is 10.8. The van der Waals surface area contributed by atoms with Crippen LogP contribution in [0.3, 0.4) is 0 Å². The van der Waals surface area contributed by atoms with Gasteiger partial charge in [-0.3, -0.25) is 0 Å². The summed E-state index contributed by atoms with van der Waals surface area (Å²) in [5.41, 5.74) is -1.000. The minimum absolute atomic E-state index is 0.317. The first kappa shape index (κ1) is 9.80. The standard InChI is InChI=1S/C7H10O3S2/c1-12-6(11)10-7(5(8)9)3-2-4-7/h2-4H2,1H3,(H,8,9). The van der Waals surface area contributed by atoms with Crippen molar-refractivity contribution in [3.8, 4) is 0 Å². The average Bonchev–Trinajstić information content (AvgIpc) is 1.95. The summed E-state index contributed by atoms with van der Waals surface area (Å²) in [4.78, 5) is 10.8. The van der Waals surface area contributed by atoms with Crippen molar-refractivity contribution in [2.24, 2.45) is 0 Å². The molecule has 0 aliphatic heterocycles. The first-order valence-electron chi connectivity index (χ1n) is 3.61. The molecular formula is C7H10O3S2. The molecule has 3 nitrogen and oxygen atoms in total. The van der Waals surface area contributed by atoms with Gasteiger partial charge < -0.3 is 9.84 Å². The number of ether oxygens (including phenoxy) is 1. The van der Waals surface area contributed by atoms with E-state index >= 15 is 0 Å². The molecule has 1 N–H and O–H groups in total. The molecule has 0 aromatic carbocycles. The third-order valence-electron chi connectivity index (χ3n) is 2.00. The van der Waals surface area contributed by atoms with Crippen LogP contribution in [0.4, 0.5) is 0 Å². The van der Waals surface area contributed by atoms with Crippen LogP contribution in [0.2, 0.25) is 0 Å². The zero-order chi connectivity index (χ0) is 9.19. The van der Waals surface area contributed by atoms with E-state index in [9.17, 15) is 4.79 Å². The summed E-state index contributed by atoms with van der Waals surface area (Å²) < 4.78 is 5.50. The Hall–Kier alpha value is -0.290. The Balaban J connectivity index is 2.56. The molecule has 0 radical (unpaired) electrons. The molecule has 1 fully saturated rings. The Labute approximate surface area is 80.5 Å². The topological polar surface area (TPSA) is 46.5 Å². The Morgan fingerprint density at radius 2 is 2.25 bits per heavy atom. The summed E-state index contributed by atoms with van der Waals surface area (Å²) in [6.07, 6.45) is 3.83. The monoisotopic (exact) mass is 206 g/mol. The maximum Gasteiger partial charge on any atom is 0.348 e. The van der Waals surface area contributed by atoms with Crippen LogP contribution in [0.5, 0.6) is 0 Å². The van der Waals surface area contributed by atoms with Crippen molar-refractivity contribution in [2.45, 2.75) is 24.9 Å². The first-order chi connectivity index (χ1) is 5.60. The van der Waals surface area contributed by atoms with Crippen molar-refractivity contribution >= 4 is 34.3 Å². The predicted octanol–water partition coefficient (Wildman–Crippen LogP) is 1.66. The lowest BCUT2D eigenvalue weighted by molar-refractivity contribution is -0.164. The second-order valence-corrected chi connectivity index (χ2v) is 4.12. The fourth-order valence-electron chi connectivity index (χ4n) is 1.06. The van der Waals surface area contributed by atoms with Gasteiger partial charge in [0.15, 0.2) is 0 Å². The zero-order valence-corrected chi connectivity index (χ0v) is 8.33. The lowest BCUT2D eigenvalue weighted by atomic mass is 9.80. The number of hydrogen-bond acceptors (Lipinski definition) is 4. The lowest BCUT2D eigenvalue weighted by Crippen LogP contribution is -2.48. The van der Waals surface area contributed by atoms with E-state index in [0.29, 0.717) is 17.2 Å². The van der Waals surface area contributed by atoms with Gasteiger partial charge in [-0.25, -0.2) is 4.79 Å². The second-order valence-electron chi connectivity index (χ2n) is 2.71. The van der Waals surface area contributed by atoms with Crippen LogP contribution in [0.15, 0.2) is 0 Å². The third-order valence-corrected chi connectivity index (χ3v) is 3.00. The number of carboxylic acids is 1. The average molecular weight is 206 g/mol. The number of thiocarbonyl (C=S) groups is 1. The van der Waals surface area contributed by atoms with Crippen molar-refractivity contribution in [1.82, 2.24) is 0 Å². The summed E-state index contributed by atoms with van der Waals surface area (Å²) in [6.45, 7) is 0. The molecule has 1 rings (SSSR count). The number of hydrogen-bond donors (Lipinski definition) is 1. The molecule has 0 aromatic rings. The molecule has 0 heterocycles. The molecule has 0 bridgehead atoms. The van der Waals surface area contributed by atoms with E-state index in [1.54, 1.807) is 6.26 Å². The molecule has 1 aliphatic carbocycles. The molecule has 0 atom stereocenters. The molecule has 0 amide bonds. The van der Waals surface area contributed by atoms with Crippen LogP contribution in [-0.4, -0.2) is 27.3 Å². The largest absolute Gasteiger partial charge is 0.478 e. The Kier molecular flexibility index (Phi) is 2.95. The number of aliphatic carboxylic acids is 1. The van der Waals surface area contributed by atoms with E-state index in [2.05, 4.69) is 0 Å². The van der Waals surface area contributed by atoms with Crippen molar-refractivity contribution in [1.29, 1.82) is 0 Å². The smallest absolute Gasteiger partial charge is 0.348 e. The van der Waals surface area contributed by atoms with Crippen LogP contribution in [-0.2, 0) is 9.53 Å². The lowest BCUT2D eigenvalue weighted by Gasteiger charge is -2.37. The van der Waals surface area contributed by atoms with Crippen molar-refractivity contribution in [3.63, 3.8) is 0 Å². The van der Waals surface area contributed by atoms with Crippen LogP contribution < -0.4 is 0 Å². The Bertz CT molecular complexity index is 211. The highest BCUT2D eigenvalue weighted by Gasteiger charge is 2.47. The molecule has 0 spiro atoms. The van der Waals surface area contributed by atoms with E-state index in [4.69, 9.17) is 22.1 Å². The van der Waals surface area contributed by atoms with Crippen molar-refractivity contribution in [2.75, 3.05) is 6.26 Å². The summed E-state index contributed by atoms with van der Waals surface area (Å²) in [5.74, 6) is -0.898. The maximum atomic E-state index is 10.8. The fraction of sp³-hybridized carbons (Fsp3) is 0.714. The SMILES string of the molecule is CSC(=S)OC1(C(=O)O)CCC1. The minimum Gasteiger partial charge on any atom is -0.478 e. The van der Waals surface area contributed by atoms with Gasteiger partial charge >= 0.3 is 5.97 Å². The quantitative estimate of drug-likeness (QED) is 0.696. The van der Waals surface area contributed by atoms with Gasteiger partial charge in [0.25, 0.3) is 0 Å². The van der Waals surface area contributed by atoms with Crippen LogP contribution >= 0.6 is 24.0 Å². The van der Waals surface area contributed by atoms with Gasteiger partial charge in [-0.1, -0.05) is 11.8 Å². The van der Waals surface area contributed by atoms with Crippen LogP contribution in [0, 0.1) is 0 Å². The van der Waals surface area contributed by atoms with E-state index < -0.39 is 11.6 Å². The number of rotatable bonds is 2.